The predicted octanol–water partition coefficient (Wildman–Crippen LogP) is 6.32. The number of rotatable bonds is 33. The molecule has 10 rings (SSSR count). The van der Waals surface area contributed by atoms with Crippen LogP contribution in [0.25, 0.3) is 0 Å². The molecule has 6 atom stereocenters. The number of benzene rings is 3. The summed E-state index contributed by atoms with van der Waals surface area (Å²) >= 11 is 0. The Morgan fingerprint density at radius 3 is 1.84 bits per heavy atom. The van der Waals surface area contributed by atoms with Crippen LogP contribution in [0.2, 0.25) is 0 Å². The number of anilines is 2. The average molecular weight is 1460 g/mol. The molecule has 30 heteroatoms. The Kier molecular flexibility index (Phi) is 25.1. The minimum atomic E-state index is -1.63. The fraction of sp³-hybridized carbons (Fsp3) is 0.447. The van der Waals surface area contributed by atoms with Crippen molar-refractivity contribution in [2.45, 2.75) is 148 Å². The highest BCUT2D eigenvalue weighted by Crippen LogP contribution is 2.44. The van der Waals surface area contributed by atoms with Gasteiger partial charge in [0.15, 0.2) is 35.5 Å². The van der Waals surface area contributed by atoms with E-state index in [9.17, 15) is 72.9 Å². The molecule has 0 spiro atoms. The number of hydrogen-bond acceptors (Lipinski definition) is 21. The number of ketones is 4. The molecule has 564 valence electrons. The summed E-state index contributed by atoms with van der Waals surface area (Å²) in [5.41, 5.74) is 8.14. The highest BCUT2D eigenvalue weighted by Gasteiger charge is 2.49. The molecule has 0 radical (unpaired) electrons. The quantitative estimate of drug-likeness (QED) is 0.0173. The maximum atomic E-state index is 14.5. The number of unbranched alkanes of at least 4 members (excludes halogenated alkanes) is 4. The minimum absolute atomic E-state index is 0.00170. The largest absolute Gasteiger partial charge is 0.493 e. The Labute approximate surface area is 611 Å². The van der Waals surface area contributed by atoms with Crippen LogP contribution in [0.3, 0.4) is 0 Å². The summed E-state index contributed by atoms with van der Waals surface area (Å²) in [4.78, 5) is 166. The van der Waals surface area contributed by atoms with E-state index < -0.39 is 97.2 Å². The Morgan fingerprint density at radius 1 is 0.679 bits per heavy atom. The number of primary amides is 1. The summed E-state index contributed by atoms with van der Waals surface area (Å²) in [5.74, 6) is -4.56. The van der Waals surface area contributed by atoms with Gasteiger partial charge >= 0.3 is 18.2 Å². The van der Waals surface area contributed by atoms with Crippen molar-refractivity contribution in [3.63, 3.8) is 0 Å². The number of ether oxygens (including phenoxy) is 6. The number of nitrogens with two attached hydrogens (primary N) is 1. The van der Waals surface area contributed by atoms with Crippen LogP contribution in [0.15, 0.2) is 103 Å². The van der Waals surface area contributed by atoms with E-state index >= 15 is 0 Å². The smallest absolute Gasteiger partial charge is 0.416 e. The molecule has 6 heterocycles. The molecule has 2 unspecified atom stereocenters. The topological polar surface area (TPSA) is 392 Å². The van der Waals surface area contributed by atoms with Gasteiger partial charge in [-0.1, -0.05) is 68.8 Å². The number of aliphatic hydroxyl groups excluding tert-OH is 3. The third-order valence-electron chi connectivity index (χ3n) is 19.8. The molecule has 0 bridgehead atoms. The summed E-state index contributed by atoms with van der Waals surface area (Å²) in [6.45, 7) is 11.1. The van der Waals surface area contributed by atoms with Gasteiger partial charge in [-0.15, -0.1) is 0 Å². The second kappa shape index (κ2) is 34.3. The number of urea groups is 1. The fourth-order valence-electron chi connectivity index (χ4n) is 14.0. The van der Waals surface area contributed by atoms with Gasteiger partial charge in [-0.2, -0.15) is 0 Å². The average Bonchev–Trinajstić information content (AvgIpc) is 1.62. The molecule has 7 N–H and O–H groups in total. The highest BCUT2D eigenvalue weighted by molar-refractivity contribution is 6.23. The van der Waals surface area contributed by atoms with Gasteiger partial charge < -0.3 is 74.5 Å². The Balaban J connectivity index is 0.760. The van der Waals surface area contributed by atoms with Crippen molar-refractivity contribution < 1.29 is 101 Å². The van der Waals surface area contributed by atoms with Gasteiger partial charge in [0.25, 0.3) is 23.6 Å². The number of amides is 9. The zero-order valence-corrected chi connectivity index (χ0v) is 59.9. The van der Waals surface area contributed by atoms with E-state index in [1.54, 1.807) is 45.2 Å². The number of nitrogens with one attached hydrogen (secondary N) is 2. The van der Waals surface area contributed by atoms with Crippen LogP contribution in [-0.4, -0.2) is 190 Å². The zero-order chi connectivity index (χ0) is 76.4. The first-order chi connectivity index (χ1) is 50.7. The number of hydrogen-bond donors (Lipinski definition) is 6. The van der Waals surface area contributed by atoms with E-state index in [2.05, 4.69) is 23.8 Å². The van der Waals surface area contributed by atoms with Crippen LogP contribution in [0.4, 0.5) is 25.8 Å². The van der Waals surface area contributed by atoms with Crippen molar-refractivity contribution in [2.24, 2.45) is 24.6 Å². The molecule has 30 nitrogen and oxygen atoms in total. The molecule has 9 amide bonds. The van der Waals surface area contributed by atoms with Gasteiger partial charge in [0, 0.05) is 94.3 Å². The van der Waals surface area contributed by atoms with E-state index in [-0.39, 0.29) is 188 Å². The van der Waals surface area contributed by atoms with Crippen molar-refractivity contribution in [3.8, 4) is 17.2 Å². The maximum absolute atomic E-state index is 14.5. The van der Waals surface area contributed by atoms with Crippen LogP contribution in [0, 0.1) is 11.8 Å². The molecule has 3 aromatic carbocycles. The van der Waals surface area contributed by atoms with Gasteiger partial charge in [0.2, 0.25) is 17.5 Å². The lowest BCUT2D eigenvalue weighted by atomic mass is 9.88. The second-order valence-electron chi connectivity index (χ2n) is 27.4. The van der Waals surface area contributed by atoms with Gasteiger partial charge in [0.1, 0.15) is 30.4 Å². The van der Waals surface area contributed by atoms with E-state index in [1.165, 1.54) is 71.1 Å². The first kappa shape index (κ1) is 77.6. The molecular formula is C76H89N9O21. The van der Waals surface area contributed by atoms with E-state index in [4.69, 9.17) is 34.2 Å². The molecule has 106 heavy (non-hydrogen) atoms. The maximum Gasteiger partial charge on any atom is 0.416 e. The third kappa shape index (κ3) is 17.4. The van der Waals surface area contributed by atoms with Crippen LogP contribution < -0.4 is 40.4 Å². The summed E-state index contributed by atoms with van der Waals surface area (Å²) in [5, 5.41) is 40.1. The number of Topliss-reactive ketones (excluding diaryl/α,β-unsaturated/α-hetero) is 3. The van der Waals surface area contributed by atoms with Crippen molar-refractivity contribution in [3.05, 3.63) is 148 Å². The molecule has 6 aliphatic rings. The summed E-state index contributed by atoms with van der Waals surface area (Å²) in [6.07, 6.45) is 1.87. The Morgan fingerprint density at radius 2 is 1.25 bits per heavy atom. The number of nitrogens with zero attached hydrogens (tertiary/aromatic N) is 6. The number of aliphatic hydroxyl groups is 3. The molecule has 0 saturated carbocycles. The van der Waals surface area contributed by atoms with E-state index in [1.807, 2.05) is 0 Å². The minimum Gasteiger partial charge on any atom is -0.493 e. The number of methoxy groups -OCH3 is 2. The van der Waals surface area contributed by atoms with Crippen LogP contribution in [-0.2, 0) is 71.5 Å². The van der Waals surface area contributed by atoms with Gasteiger partial charge in [0.05, 0.1) is 85.9 Å². The summed E-state index contributed by atoms with van der Waals surface area (Å²) in [7, 11) is 4.19. The van der Waals surface area contributed by atoms with Gasteiger partial charge in [-0.3, -0.25) is 48.1 Å². The number of aromatic nitrogens is 1. The lowest BCUT2D eigenvalue weighted by Crippen LogP contribution is -2.50. The SMILES string of the molecule is C=C1C[C@H]2C(O)N(C(=O)OCc3ccc(CC(=O)[C@H](CCCNC(N)=O)NC(=O)[C@@H](CC(=O)CCCCCN4C(=O)C=CC4=O)C(C)C)cc3)c3cc(OCCCCCOc4cc5c(cc4OC)C(=O)N4CC(=C)C[C@H]4C(O)N5C(=O)OCc4cc5c(n4C)C(=O)C=C(OC)C5=O)c(CO)cc3C(=O)N2C1. The van der Waals surface area contributed by atoms with Crippen molar-refractivity contribution in [1.82, 2.24) is 29.9 Å². The third-order valence-corrected chi connectivity index (χ3v) is 19.8. The molecule has 2 fully saturated rings. The summed E-state index contributed by atoms with van der Waals surface area (Å²) < 4.78 is 36.3. The normalized spacial score (nSPS) is 18.7. The van der Waals surface area contributed by atoms with Gasteiger partial charge in [-0.05, 0) is 93.0 Å². The number of carbonyl (C=O) groups is 12. The zero-order valence-electron chi connectivity index (χ0n) is 59.9. The lowest BCUT2D eigenvalue weighted by molar-refractivity contribution is -0.137. The van der Waals surface area contributed by atoms with Gasteiger partial charge in [-0.25, -0.2) is 24.2 Å². The first-order valence-corrected chi connectivity index (χ1v) is 35.2. The first-order valence-electron chi connectivity index (χ1n) is 35.2. The van der Waals surface area contributed by atoms with E-state index in [0.717, 1.165) is 20.8 Å². The second-order valence-corrected chi connectivity index (χ2v) is 27.4. The molecule has 1 aromatic heterocycles. The lowest BCUT2D eigenvalue weighted by Gasteiger charge is -2.31. The Bertz CT molecular complexity index is 4210. The van der Waals surface area contributed by atoms with Crippen LogP contribution >= 0.6 is 0 Å². The molecule has 1 aliphatic carbocycles. The summed E-state index contributed by atoms with van der Waals surface area (Å²) in [6, 6.07) is 10.1. The van der Waals surface area contributed by atoms with Crippen molar-refractivity contribution in [1.29, 1.82) is 0 Å². The molecule has 4 aromatic rings. The number of imide groups is 1. The number of fused-ring (bicyclic) bond motifs is 5. The van der Waals surface area contributed by atoms with E-state index in [0.29, 0.717) is 60.8 Å². The van der Waals surface area contributed by atoms with Crippen LogP contribution in [0.1, 0.15) is 155 Å². The number of allylic oxidation sites excluding steroid dienone is 2. The molecule has 2 saturated heterocycles. The van der Waals surface area contributed by atoms with Crippen LogP contribution in [0.5, 0.6) is 17.2 Å². The fourth-order valence-corrected chi connectivity index (χ4v) is 14.0. The van der Waals surface area contributed by atoms with Crippen molar-refractivity contribution >= 4 is 82.3 Å². The molecule has 5 aliphatic heterocycles. The predicted molar refractivity (Wildman–Crippen MR) is 380 cm³/mol. The Hall–Kier alpha value is -11.0. The monoisotopic (exact) mass is 1460 g/mol. The standard InChI is InChI=1S/C76H89N9O21/c1-42(2)50(32-49(87)15-10-8-11-24-81-65(90)21-22-66(81)91)69(93)79-54(16-14-23-78-74(77)98)59(88)29-45-17-19-46(20-18-45)40-105-75(99)84-55-34-61(47(39-86)30-51(55)70(94)82-37-43(3)27-57(82)72(84)96)103-25-12-9-13-26-104-63-35-56-52(33-62(63)101-6)71(95)83-38-44(4)28-58(83)73(97)85(56)76(100)106-41-48-31-53-67(80(48)5)60(89)36-64(102-7)68(53)92/h17-22,30-31,33-36,42,50,54,57-58,72-73,86,96-97H,3-4,8-16,23-29,32,37-41H2,1-2,5-7H3,(H,79,93)(H3,77,78,98)/t50-,54-,57-,58-,72?,73?/m0/s1. The van der Waals surface area contributed by atoms with Crippen molar-refractivity contribution in [2.75, 3.05) is 63.4 Å². The molecular weight excluding hydrogens is 1370 g/mol. The highest BCUT2D eigenvalue weighted by atomic mass is 16.6. The number of carbonyl (C=O) groups excluding carboxylic acids is 12.